The summed E-state index contributed by atoms with van der Waals surface area (Å²) in [6.45, 7) is 1.61. The van der Waals surface area contributed by atoms with Gasteiger partial charge in [-0.05, 0) is 6.42 Å². The van der Waals surface area contributed by atoms with Gasteiger partial charge >= 0.3 is 0 Å². The maximum absolute atomic E-state index is 11.0. The lowest BCUT2D eigenvalue weighted by atomic mass is 10.0. The Balaban J connectivity index is 2.75. The summed E-state index contributed by atoms with van der Waals surface area (Å²) in [6.07, 6.45) is -3.17. The summed E-state index contributed by atoms with van der Waals surface area (Å²) in [7, 11) is -5.96. The summed E-state index contributed by atoms with van der Waals surface area (Å²) in [4.78, 5) is 0. The van der Waals surface area contributed by atoms with E-state index in [9.17, 15) is 38.5 Å². The maximum atomic E-state index is 11.0. The molecule has 11 heteroatoms. The van der Waals surface area contributed by atoms with E-state index >= 15 is 0 Å². The van der Waals surface area contributed by atoms with Gasteiger partial charge in [-0.3, -0.25) is 4.18 Å². The van der Waals surface area contributed by atoms with Crippen molar-refractivity contribution in [2.75, 3.05) is 18.1 Å². The Morgan fingerprint density at radius 2 is 1.85 bits per heavy atom. The van der Waals surface area contributed by atoms with Crippen LogP contribution in [0.25, 0.3) is 0 Å². The van der Waals surface area contributed by atoms with Crippen LogP contribution in [0.4, 0.5) is 0 Å². The van der Waals surface area contributed by atoms with Crippen LogP contribution in [-0.4, -0.2) is 92.4 Å². The van der Waals surface area contributed by atoms with Gasteiger partial charge in [-0.1, -0.05) is 32.6 Å². The lowest BCUT2D eigenvalue weighted by Gasteiger charge is -2.28. The highest BCUT2D eigenvalue weighted by Gasteiger charge is 2.51. The van der Waals surface area contributed by atoms with E-state index in [-0.39, 0.29) is 17.9 Å². The molecule has 1 aliphatic heterocycles. The molecule has 0 bridgehead atoms. The molecule has 0 amide bonds. The van der Waals surface area contributed by atoms with E-state index in [1.54, 1.807) is 0 Å². The quantitative estimate of drug-likeness (QED) is 0.107. The molecule has 9 nitrogen and oxygen atoms in total. The highest BCUT2D eigenvalue weighted by Crippen LogP contribution is 2.26. The van der Waals surface area contributed by atoms with Crippen LogP contribution in [0, 0.1) is 0 Å². The molecule has 0 spiro atoms. The van der Waals surface area contributed by atoms with Crippen molar-refractivity contribution in [3.63, 3.8) is 0 Å². The average molecular weight is 419 g/mol. The van der Waals surface area contributed by atoms with Crippen molar-refractivity contribution in [2.45, 2.75) is 74.8 Å². The Kier molecular flexibility index (Phi) is 10.3. The molecule has 0 saturated carbocycles. The van der Waals surface area contributed by atoms with Gasteiger partial charge in [0.25, 0.3) is 0 Å². The van der Waals surface area contributed by atoms with Crippen LogP contribution in [0.15, 0.2) is 0 Å². The molecule has 1 saturated heterocycles. The first-order valence-electron chi connectivity index (χ1n) is 8.74. The van der Waals surface area contributed by atoms with Gasteiger partial charge in [-0.2, -0.15) is 0 Å². The van der Waals surface area contributed by atoms with Crippen molar-refractivity contribution in [3.05, 3.63) is 0 Å². The topological polar surface area (TPSA) is 168 Å². The third-order valence-electron chi connectivity index (χ3n) is 4.49. The van der Waals surface area contributed by atoms with Gasteiger partial charge in [-0.25, -0.2) is 8.42 Å². The zero-order chi connectivity index (χ0) is 19.9. The summed E-state index contributed by atoms with van der Waals surface area (Å²) < 4.78 is 37.3. The van der Waals surface area contributed by atoms with Crippen molar-refractivity contribution >= 4 is 21.3 Å². The van der Waals surface area contributed by atoms with Crippen LogP contribution in [-0.2, 0) is 25.5 Å². The first-order valence-corrected chi connectivity index (χ1v) is 11.7. The number of aliphatic hydroxyl groups is 5. The second-order valence-corrected chi connectivity index (χ2v) is 9.96. The third-order valence-corrected chi connectivity index (χ3v) is 7.78. The molecule has 0 radical (unpaired) electrons. The van der Waals surface area contributed by atoms with Crippen LogP contribution < -0.4 is 0 Å². The molecule has 7 atom stereocenters. The minimum Gasteiger partial charge on any atom is -0.726 e. The summed E-state index contributed by atoms with van der Waals surface area (Å²) in [5.41, 5.74) is 0. The van der Waals surface area contributed by atoms with Gasteiger partial charge in [0.15, 0.2) is 5.25 Å². The molecule has 0 aromatic heterocycles. The predicted molar refractivity (Wildman–Crippen MR) is 95.3 cm³/mol. The van der Waals surface area contributed by atoms with Gasteiger partial charge in [0.1, 0.15) is 35.9 Å². The van der Waals surface area contributed by atoms with E-state index in [1.807, 2.05) is 6.92 Å². The van der Waals surface area contributed by atoms with Crippen LogP contribution >= 0.6 is 0 Å². The zero-order valence-electron chi connectivity index (χ0n) is 14.8. The lowest BCUT2D eigenvalue weighted by molar-refractivity contribution is -0.0407. The first-order chi connectivity index (χ1) is 12.1. The van der Waals surface area contributed by atoms with Crippen LogP contribution in [0.5, 0.6) is 0 Å². The number of unbranched alkanes of at least 4 members (excludes halogenated alkanes) is 3. The monoisotopic (exact) mass is 418 g/mol. The lowest BCUT2D eigenvalue weighted by Crippen LogP contribution is -2.46. The van der Waals surface area contributed by atoms with Gasteiger partial charge in [0.05, 0.1) is 12.7 Å². The highest BCUT2D eigenvalue weighted by molar-refractivity contribution is 7.97. The third kappa shape index (κ3) is 7.56. The minimum absolute atomic E-state index is 0.106. The summed E-state index contributed by atoms with van der Waals surface area (Å²) in [6, 6.07) is 0. The minimum atomic E-state index is -5.14. The van der Waals surface area contributed by atoms with Crippen molar-refractivity contribution < 1.29 is 42.7 Å². The van der Waals surface area contributed by atoms with Crippen molar-refractivity contribution in [2.24, 2.45) is 0 Å². The zero-order valence-corrected chi connectivity index (χ0v) is 16.4. The van der Waals surface area contributed by atoms with Gasteiger partial charge < -0.3 is 30.1 Å². The van der Waals surface area contributed by atoms with E-state index in [4.69, 9.17) is 0 Å². The molecule has 156 valence electrons. The Morgan fingerprint density at radius 3 is 2.38 bits per heavy atom. The molecule has 1 heterocycles. The van der Waals surface area contributed by atoms with E-state index in [0.717, 1.165) is 19.3 Å². The van der Waals surface area contributed by atoms with Gasteiger partial charge in [0, 0.05) is 10.9 Å². The SMILES string of the molecule is CCCCCC[C@@H](O)[C@H](OS(=O)(=O)[O-])[C@H](O)C[S+]1C[C@@H](O)[C@H](O)[C@H]1CO. The molecule has 1 unspecified atom stereocenters. The molecular formula is C15H30O9S2. The van der Waals surface area contributed by atoms with Gasteiger partial charge in [0.2, 0.25) is 10.4 Å². The normalized spacial score (nSPS) is 30.3. The predicted octanol–water partition coefficient (Wildman–Crippen LogP) is -1.76. The van der Waals surface area contributed by atoms with Crippen LogP contribution in [0.2, 0.25) is 0 Å². The highest BCUT2D eigenvalue weighted by atomic mass is 32.3. The standard InChI is InChI=1S/C15H30O9S2/c1-2-3-4-5-6-10(17)15(24-26(21,22)23)12(19)9-25-8-11(18)14(20)13(25)7-16/h10-20H,2-9H2,1H3/t10-,11-,12-,13-,14+,15+,25?/m1/s1. The largest absolute Gasteiger partial charge is 0.726 e. The summed E-state index contributed by atoms with van der Waals surface area (Å²) in [5, 5.41) is 48.8. The molecule has 1 fully saturated rings. The first kappa shape index (κ1) is 24.1. The molecule has 0 aliphatic carbocycles. The summed E-state index contributed by atoms with van der Waals surface area (Å²) in [5.74, 6) is 0.0262. The molecule has 0 aromatic carbocycles. The Labute approximate surface area is 157 Å². The molecule has 1 aliphatic rings. The average Bonchev–Trinajstić information content (AvgIpc) is 2.81. The molecule has 1 rings (SSSR count). The molecule has 0 aromatic rings. The molecular weight excluding hydrogens is 388 g/mol. The van der Waals surface area contributed by atoms with Crippen LogP contribution in [0.1, 0.15) is 39.0 Å². The molecule has 5 N–H and O–H groups in total. The Hall–Kier alpha value is 0.0200. The van der Waals surface area contributed by atoms with Crippen molar-refractivity contribution in [3.8, 4) is 0 Å². The van der Waals surface area contributed by atoms with Crippen molar-refractivity contribution in [1.82, 2.24) is 0 Å². The summed E-state index contributed by atoms with van der Waals surface area (Å²) >= 11 is 0. The molecule has 26 heavy (non-hydrogen) atoms. The smallest absolute Gasteiger partial charge is 0.218 e. The fraction of sp³-hybridized carbons (Fsp3) is 1.00. The van der Waals surface area contributed by atoms with Crippen molar-refractivity contribution in [1.29, 1.82) is 0 Å². The second kappa shape index (κ2) is 11.1. The maximum Gasteiger partial charge on any atom is 0.218 e. The second-order valence-electron chi connectivity index (χ2n) is 6.60. The number of rotatable bonds is 12. The van der Waals surface area contributed by atoms with E-state index in [2.05, 4.69) is 4.18 Å². The number of hydrogen-bond acceptors (Lipinski definition) is 9. The fourth-order valence-corrected chi connectivity index (χ4v) is 6.28. The number of hydrogen-bond donors (Lipinski definition) is 5. The fourth-order valence-electron chi connectivity index (χ4n) is 3.07. The van der Waals surface area contributed by atoms with E-state index < -0.39 is 63.7 Å². The Bertz CT molecular complexity index is 501. The van der Waals surface area contributed by atoms with Gasteiger partial charge in [-0.15, -0.1) is 0 Å². The van der Waals surface area contributed by atoms with E-state index in [1.165, 1.54) is 0 Å². The van der Waals surface area contributed by atoms with E-state index in [0.29, 0.717) is 6.42 Å². The Morgan fingerprint density at radius 1 is 1.19 bits per heavy atom. The number of aliphatic hydroxyl groups excluding tert-OH is 5. The van der Waals surface area contributed by atoms with Crippen LogP contribution in [0.3, 0.4) is 0 Å².